The van der Waals surface area contributed by atoms with Crippen LogP contribution in [0.5, 0.6) is 0 Å². The maximum Gasteiger partial charge on any atom is 0.304 e. The van der Waals surface area contributed by atoms with Gasteiger partial charge in [-0.05, 0) is 25.5 Å². The maximum absolute atomic E-state index is 12.4. The predicted octanol–water partition coefficient (Wildman–Crippen LogP) is 1.72. The molecule has 2 rings (SSSR count). The van der Waals surface area contributed by atoms with E-state index >= 15 is 0 Å². The number of fused-ring (bicyclic) bond motifs is 1. The minimum Gasteiger partial charge on any atom is -0.481 e. The Bertz CT molecular complexity index is 534. The highest BCUT2D eigenvalue weighted by Crippen LogP contribution is 2.38. The molecule has 0 saturated carbocycles. The molecular weight excluding hydrogens is 256 g/mol. The molecule has 1 aliphatic heterocycles. The average molecular weight is 276 g/mol. The number of anilines is 1. The number of nitrogens with two attached hydrogens (primary N) is 1. The largest absolute Gasteiger partial charge is 0.481 e. The highest BCUT2D eigenvalue weighted by molar-refractivity contribution is 5.96. The molecule has 0 bridgehead atoms. The third-order valence-electron chi connectivity index (χ3n) is 3.40. The summed E-state index contributed by atoms with van der Waals surface area (Å²) in [5.41, 5.74) is 7.07. The Kier molecular flexibility index (Phi) is 3.81. The van der Waals surface area contributed by atoms with Crippen LogP contribution in [-0.2, 0) is 9.59 Å². The van der Waals surface area contributed by atoms with Gasteiger partial charge < -0.3 is 15.7 Å². The van der Waals surface area contributed by atoms with Gasteiger partial charge in [-0.2, -0.15) is 0 Å². The summed E-state index contributed by atoms with van der Waals surface area (Å²) in [7, 11) is 0. The highest BCUT2D eigenvalue weighted by atomic mass is 16.4. The van der Waals surface area contributed by atoms with Crippen molar-refractivity contribution in [2.45, 2.75) is 38.1 Å². The van der Waals surface area contributed by atoms with Gasteiger partial charge in [0.05, 0.1) is 6.42 Å². The normalized spacial score (nSPS) is 17.9. The molecule has 1 heterocycles. The fourth-order valence-corrected chi connectivity index (χ4v) is 2.60. The highest BCUT2D eigenvalue weighted by Gasteiger charge is 2.34. The minimum atomic E-state index is -0.849. The van der Waals surface area contributed by atoms with Gasteiger partial charge in [0.2, 0.25) is 5.91 Å². The molecule has 0 aliphatic carbocycles. The molecule has 1 aromatic rings. The van der Waals surface area contributed by atoms with Crippen molar-refractivity contribution in [1.29, 1.82) is 0 Å². The van der Waals surface area contributed by atoms with E-state index in [1.54, 1.807) is 4.90 Å². The summed E-state index contributed by atoms with van der Waals surface area (Å²) in [6.07, 6.45) is 0.272. The Morgan fingerprint density at radius 1 is 1.40 bits per heavy atom. The molecule has 5 heteroatoms. The first-order valence-corrected chi connectivity index (χ1v) is 6.68. The van der Waals surface area contributed by atoms with Gasteiger partial charge in [-0.15, -0.1) is 0 Å². The van der Waals surface area contributed by atoms with Gasteiger partial charge in [0.15, 0.2) is 0 Å². The molecule has 0 saturated heterocycles. The number of para-hydroxylation sites is 1. The number of hydrogen-bond donors (Lipinski definition) is 2. The summed E-state index contributed by atoms with van der Waals surface area (Å²) >= 11 is 0. The maximum atomic E-state index is 12.4. The number of aliphatic carboxylic acids is 1. The molecule has 1 aromatic carbocycles. The summed E-state index contributed by atoms with van der Waals surface area (Å²) in [5.74, 6) is -1.05. The molecule has 0 fully saturated rings. The van der Waals surface area contributed by atoms with Crippen molar-refractivity contribution >= 4 is 17.6 Å². The number of carbonyl (C=O) groups is 2. The lowest BCUT2D eigenvalue weighted by molar-refractivity contribution is -0.137. The van der Waals surface area contributed by atoms with Crippen LogP contribution in [0.3, 0.4) is 0 Å². The van der Waals surface area contributed by atoms with Gasteiger partial charge in [-0.3, -0.25) is 9.59 Å². The smallest absolute Gasteiger partial charge is 0.304 e. The summed E-state index contributed by atoms with van der Waals surface area (Å²) in [6.45, 7) is 4.03. The molecule has 1 aliphatic rings. The minimum absolute atomic E-state index is 0.0345. The third-order valence-corrected chi connectivity index (χ3v) is 3.40. The molecule has 108 valence electrons. The van der Waals surface area contributed by atoms with Gasteiger partial charge >= 0.3 is 5.97 Å². The number of nitrogens with zero attached hydrogens (tertiary/aromatic N) is 1. The molecule has 3 N–H and O–H groups in total. The molecule has 0 spiro atoms. The van der Waals surface area contributed by atoms with Crippen molar-refractivity contribution < 1.29 is 14.7 Å². The molecule has 1 unspecified atom stereocenters. The Morgan fingerprint density at radius 2 is 2.05 bits per heavy atom. The Balaban J connectivity index is 2.25. The molecule has 20 heavy (non-hydrogen) atoms. The van der Waals surface area contributed by atoms with Crippen LogP contribution < -0.4 is 10.6 Å². The Morgan fingerprint density at radius 3 is 2.65 bits per heavy atom. The topological polar surface area (TPSA) is 83.6 Å². The molecule has 1 atom stereocenters. The summed E-state index contributed by atoms with van der Waals surface area (Å²) in [4.78, 5) is 25.0. The molecule has 1 amide bonds. The van der Waals surface area contributed by atoms with E-state index in [0.717, 1.165) is 11.3 Å². The Labute approximate surface area is 118 Å². The Hall–Kier alpha value is -1.88. The summed E-state index contributed by atoms with van der Waals surface area (Å²) in [5, 5.41) is 8.99. The zero-order chi connectivity index (χ0) is 14.9. The number of amides is 1. The molecular formula is C15H20N2O3. The van der Waals surface area contributed by atoms with Crippen molar-refractivity contribution in [3.63, 3.8) is 0 Å². The first-order valence-electron chi connectivity index (χ1n) is 6.68. The van der Waals surface area contributed by atoms with E-state index < -0.39 is 11.5 Å². The fraction of sp³-hybridized carbons (Fsp3) is 0.467. The van der Waals surface area contributed by atoms with Crippen LogP contribution in [-0.4, -0.2) is 29.1 Å². The van der Waals surface area contributed by atoms with E-state index in [1.807, 2.05) is 38.1 Å². The number of benzene rings is 1. The van der Waals surface area contributed by atoms with Crippen LogP contribution in [0.1, 0.15) is 38.2 Å². The standard InChI is InChI=1S/C15H20N2O3/c1-15(2,16)8-13(18)17-9-10(7-14(19)20)11-5-3-4-6-12(11)17/h3-6,10H,7-9,16H2,1-2H3,(H,19,20). The number of hydrogen-bond acceptors (Lipinski definition) is 3. The monoisotopic (exact) mass is 276 g/mol. The molecule has 0 aromatic heterocycles. The number of rotatable bonds is 4. The van der Waals surface area contributed by atoms with E-state index in [4.69, 9.17) is 10.8 Å². The van der Waals surface area contributed by atoms with Gasteiger partial charge in [-0.25, -0.2) is 0 Å². The van der Waals surface area contributed by atoms with E-state index in [2.05, 4.69) is 0 Å². The quantitative estimate of drug-likeness (QED) is 0.877. The second-order valence-electron chi connectivity index (χ2n) is 6.02. The first kappa shape index (κ1) is 14.5. The van der Waals surface area contributed by atoms with Crippen LogP contribution in [0.4, 0.5) is 5.69 Å². The van der Waals surface area contributed by atoms with E-state index in [0.29, 0.717) is 6.54 Å². The van der Waals surface area contributed by atoms with Crippen LogP contribution in [0.15, 0.2) is 24.3 Å². The first-order chi connectivity index (χ1) is 9.28. The molecule has 5 nitrogen and oxygen atoms in total. The molecule has 0 radical (unpaired) electrons. The van der Waals surface area contributed by atoms with Crippen molar-refractivity contribution in [3.05, 3.63) is 29.8 Å². The van der Waals surface area contributed by atoms with Crippen molar-refractivity contribution in [2.75, 3.05) is 11.4 Å². The van der Waals surface area contributed by atoms with E-state index in [-0.39, 0.29) is 24.7 Å². The number of carbonyl (C=O) groups excluding carboxylic acids is 1. The van der Waals surface area contributed by atoms with Crippen LogP contribution in [0, 0.1) is 0 Å². The fourth-order valence-electron chi connectivity index (χ4n) is 2.60. The van der Waals surface area contributed by atoms with Crippen molar-refractivity contribution in [2.24, 2.45) is 5.73 Å². The van der Waals surface area contributed by atoms with Gasteiger partial charge in [-0.1, -0.05) is 18.2 Å². The van der Waals surface area contributed by atoms with Crippen molar-refractivity contribution in [3.8, 4) is 0 Å². The lowest BCUT2D eigenvalue weighted by atomic mass is 9.98. The lowest BCUT2D eigenvalue weighted by Crippen LogP contribution is -2.41. The van der Waals surface area contributed by atoms with E-state index in [9.17, 15) is 9.59 Å². The SMILES string of the molecule is CC(C)(N)CC(=O)N1CC(CC(=O)O)c2ccccc21. The predicted molar refractivity (Wildman–Crippen MR) is 76.7 cm³/mol. The van der Waals surface area contributed by atoms with Gasteiger partial charge in [0.1, 0.15) is 0 Å². The average Bonchev–Trinajstić information content (AvgIpc) is 2.66. The zero-order valence-corrected chi connectivity index (χ0v) is 11.8. The zero-order valence-electron chi connectivity index (χ0n) is 11.8. The van der Waals surface area contributed by atoms with Gasteiger partial charge in [0.25, 0.3) is 0 Å². The second kappa shape index (κ2) is 5.25. The van der Waals surface area contributed by atoms with Crippen LogP contribution in [0.2, 0.25) is 0 Å². The summed E-state index contributed by atoms with van der Waals surface area (Å²) < 4.78 is 0. The number of carboxylic acids is 1. The van der Waals surface area contributed by atoms with Gasteiger partial charge in [0, 0.05) is 30.1 Å². The second-order valence-corrected chi connectivity index (χ2v) is 6.02. The lowest BCUT2D eigenvalue weighted by Gasteiger charge is -2.23. The van der Waals surface area contributed by atoms with Crippen LogP contribution in [0.25, 0.3) is 0 Å². The summed E-state index contributed by atoms with van der Waals surface area (Å²) in [6, 6.07) is 7.48. The third kappa shape index (κ3) is 3.17. The van der Waals surface area contributed by atoms with Crippen molar-refractivity contribution in [1.82, 2.24) is 0 Å². The number of carboxylic acid groups (broad SMARTS) is 1. The van der Waals surface area contributed by atoms with Crippen LogP contribution >= 0.6 is 0 Å². The van der Waals surface area contributed by atoms with E-state index in [1.165, 1.54) is 0 Å².